The summed E-state index contributed by atoms with van der Waals surface area (Å²) in [6.45, 7) is 1.24. The van der Waals surface area contributed by atoms with Crippen molar-refractivity contribution in [1.29, 1.82) is 0 Å². The van der Waals surface area contributed by atoms with Crippen molar-refractivity contribution in [3.63, 3.8) is 0 Å². The van der Waals surface area contributed by atoms with Crippen molar-refractivity contribution in [1.82, 2.24) is 15.2 Å². The first-order chi connectivity index (χ1) is 14.2. The Morgan fingerprint density at radius 1 is 1.07 bits per heavy atom. The Morgan fingerprint density at radius 2 is 1.90 bits per heavy atom. The van der Waals surface area contributed by atoms with Crippen LogP contribution >= 0.6 is 0 Å². The zero-order chi connectivity index (χ0) is 20.1. The van der Waals surface area contributed by atoms with Crippen LogP contribution in [0, 0.1) is 0 Å². The average Bonchev–Trinajstić information content (AvgIpc) is 2.92. The molecule has 0 radical (unpaired) electrons. The van der Waals surface area contributed by atoms with Gasteiger partial charge >= 0.3 is 0 Å². The number of benzene rings is 2. The fourth-order valence-corrected chi connectivity index (χ4v) is 3.23. The van der Waals surface area contributed by atoms with Gasteiger partial charge in [-0.15, -0.1) is 0 Å². The van der Waals surface area contributed by atoms with Gasteiger partial charge in [0.25, 0.3) is 11.8 Å². The molecule has 2 heterocycles. The van der Waals surface area contributed by atoms with Crippen LogP contribution in [0.15, 0.2) is 72.9 Å². The number of fused-ring (bicyclic) bond motifs is 1. The van der Waals surface area contributed by atoms with E-state index < -0.39 is 0 Å². The van der Waals surface area contributed by atoms with Crippen LogP contribution in [0.5, 0.6) is 5.75 Å². The topological polar surface area (TPSA) is 71.5 Å². The molecular formula is C23H21N3O3. The highest BCUT2D eigenvalue weighted by Gasteiger charge is 2.22. The molecule has 0 saturated heterocycles. The monoisotopic (exact) mass is 387 g/mol. The summed E-state index contributed by atoms with van der Waals surface area (Å²) in [5, 5.41) is 2.87. The van der Waals surface area contributed by atoms with Crippen LogP contribution in [0.2, 0.25) is 0 Å². The molecule has 0 saturated carbocycles. The first kappa shape index (κ1) is 18.7. The number of nitrogens with one attached hydrogen (secondary N) is 1. The Morgan fingerprint density at radius 3 is 2.69 bits per heavy atom. The maximum absolute atomic E-state index is 12.6. The highest BCUT2D eigenvalue weighted by atomic mass is 16.5. The standard InChI is InChI=1S/C23H21N3O3/c27-22-16-29-21-10-9-18(23(28)25-13-20-8-4-5-11-24-20)12-19(21)15-26(22)14-17-6-2-1-3-7-17/h1-12H,13-16H2,(H,25,28). The highest BCUT2D eigenvalue weighted by Crippen LogP contribution is 2.25. The molecule has 0 aliphatic carbocycles. The fraction of sp³-hybridized carbons (Fsp3) is 0.174. The lowest BCUT2D eigenvalue weighted by molar-refractivity contribution is -0.133. The summed E-state index contributed by atoms with van der Waals surface area (Å²) in [5.74, 6) is 0.366. The zero-order valence-electron chi connectivity index (χ0n) is 15.9. The molecule has 1 N–H and O–H groups in total. The molecule has 1 aliphatic rings. The molecule has 0 spiro atoms. The Bertz CT molecular complexity index is 1010. The summed E-state index contributed by atoms with van der Waals surface area (Å²) < 4.78 is 5.66. The minimum absolute atomic E-state index is 0.00888. The van der Waals surface area contributed by atoms with Crippen LogP contribution in [0.1, 0.15) is 27.2 Å². The van der Waals surface area contributed by atoms with Crippen molar-refractivity contribution < 1.29 is 14.3 Å². The third-order valence-electron chi connectivity index (χ3n) is 4.76. The number of ether oxygens (including phenoxy) is 1. The largest absolute Gasteiger partial charge is 0.483 e. The first-order valence-electron chi connectivity index (χ1n) is 9.44. The molecule has 2 aromatic carbocycles. The predicted molar refractivity (Wildman–Crippen MR) is 108 cm³/mol. The molecule has 1 aliphatic heterocycles. The lowest BCUT2D eigenvalue weighted by Gasteiger charge is -2.20. The number of amides is 2. The van der Waals surface area contributed by atoms with E-state index in [9.17, 15) is 9.59 Å². The molecule has 0 atom stereocenters. The minimum Gasteiger partial charge on any atom is -0.483 e. The predicted octanol–water partition coefficient (Wildman–Crippen LogP) is 2.93. The number of carbonyl (C=O) groups excluding carboxylic acids is 2. The van der Waals surface area contributed by atoms with E-state index in [1.165, 1.54) is 0 Å². The number of aromatic nitrogens is 1. The Kier molecular flexibility index (Phi) is 5.52. The van der Waals surface area contributed by atoms with Gasteiger partial charge in [-0.3, -0.25) is 14.6 Å². The Hall–Kier alpha value is -3.67. The van der Waals surface area contributed by atoms with Gasteiger partial charge in [0.2, 0.25) is 0 Å². The second-order valence-electron chi connectivity index (χ2n) is 6.85. The van der Waals surface area contributed by atoms with Gasteiger partial charge in [0.1, 0.15) is 5.75 Å². The van der Waals surface area contributed by atoms with E-state index in [1.54, 1.807) is 29.3 Å². The molecule has 29 heavy (non-hydrogen) atoms. The molecular weight excluding hydrogens is 366 g/mol. The van der Waals surface area contributed by atoms with Crippen molar-refractivity contribution in [3.05, 3.63) is 95.3 Å². The van der Waals surface area contributed by atoms with E-state index in [0.717, 1.165) is 16.8 Å². The second kappa shape index (κ2) is 8.56. The van der Waals surface area contributed by atoms with Crippen LogP contribution < -0.4 is 10.1 Å². The number of rotatable bonds is 5. The molecule has 0 fully saturated rings. The van der Waals surface area contributed by atoms with Gasteiger partial charge in [-0.05, 0) is 35.9 Å². The molecule has 4 rings (SSSR count). The van der Waals surface area contributed by atoms with Crippen molar-refractivity contribution in [2.45, 2.75) is 19.6 Å². The number of nitrogens with zero attached hydrogens (tertiary/aromatic N) is 2. The lowest BCUT2D eigenvalue weighted by Crippen LogP contribution is -2.31. The summed E-state index contributed by atoms with van der Waals surface area (Å²) in [6.07, 6.45) is 1.69. The SMILES string of the molecule is O=C(NCc1ccccn1)c1ccc2c(c1)CN(Cc1ccccc1)C(=O)CO2. The van der Waals surface area contributed by atoms with E-state index in [-0.39, 0.29) is 18.4 Å². The van der Waals surface area contributed by atoms with E-state index in [4.69, 9.17) is 4.74 Å². The third kappa shape index (κ3) is 4.60. The summed E-state index contributed by atoms with van der Waals surface area (Å²) >= 11 is 0. The fourth-order valence-electron chi connectivity index (χ4n) is 3.23. The van der Waals surface area contributed by atoms with Crippen LogP contribution in [-0.2, 0) is 24.4 Å². The van der Waals surface area contributed by atoms with Crippen molar-refractivity contribution in [2.75, 3.05) is 6.61 Å². The van der Waals surface area contributed by atoms with Crippen molar-refractivity contribution in [3.8, 4) is 5.75 Å². The van der Waals surface area contributed by atoms with Gasteiger partial charge in [0.15, 0.2) is 6.61 Å². The van der Waals surface area contributed by atoms with Gasteiger partial charge in [0, 0.05) is 30.4 Å². The number of hydrogen-bond donors (Lipinski definition) is 1. The van der Waals surface area contributed by atoms with Crippen LogP contribution in [0.3, 0.4) is 0 Å². The van der Waals surface area contributed by atoms with Crippen LogP contribution in [-0.4, -0.2) is 28.3 Å². The Balaban J connectivity index is 1.49. The molecule has 2 amide bonds. The lowest BCUT2D eigenvalue weighted by atomic mass is 10.1. The summed E-state index contributed by atoms with van der Waals surface area (Å²) in [6, 6.07) is 20.7. The zero-order valence-corrected chi connectivity index (χ0v) is 15.9. The van der Waals surface area contributed by atoms with E-state index in [1.807, 2.05) is 48.5 Å². The maximum atomic E-state index is 12.6. The van der Waals surface area contributed by atoms with Gasteiger partial charge < -0.3 is 15.0 Å². The van der Waals surface area contributed by atoms with Crippen molar-refractivity contribution in [2.24, 2.45) is 0 Å². The van der Waals surface area contributed by atoms with Gasteiger partial charge in [-0.1, -0.05) is 36.4 Å². The number of pyridine rings is 1. The molecule has 6 nitrogen and oxygen atoms in total. The van der Waals surface area contributed by atoms with E-state index in [0.29, 0.717) is 30.9 Å². The molecule has 3 aromatic rings. The normalized spacial score (nSPS) is 13.2. The summed E-state index contributed by atoms with van der Waals surface area (Å²) in [5.41, 5.74) is 3.18. The van der Waals surface area contributed by atoms with Gasteiger partial charge in [-0.2, -0.15) is 0 Å². The van der Waals surface area contributed by atoms with E-state index >= 15 is 0 Å². The number of carbonyl (C=O) groups is 2. The van der Waals surface area contributed by atoms with Gasteiger partial charge in [-0.25, -0.2) is 0 Å². The Labute approximate surface area is 169 Å². The van der Waals surface area contributed by atoms with E-state index in [2.05, 4.69) is 10.3 Å². The summed E-state index contributed by atoms with van der Waals surface area (Å²) in [4.78, 5) is 31.0. The highest BCUT2D eigenvalue weighted by molar-refractivity contribution is 5.94. The van der Waals surface area contributed by atoms with Crippen LogP contribution in [0.25, 0.3) is 0 Å². The molecule has 0 bridgehead atoms. The molecule has 0 unspecified atom stereocenters. The molecule has 146 valence electrons. The van der Waals surface area contributed by atoms with Crippen molar-refractivity contribution >= 4 is 11.8 Å². The molecule has 6 heteroatoms. The number of hydrogen-bond acceptors (Lipinski definition) is 4. The second-order valence-corrected chi connectivity index (χ2v) is 6.85. The first-order valence-corrected chi connectivity index (χ1v) is 9.44. The van der Waals surface area contributed by atoms with Crippen LogP contribution in [0.4, 0.5) is 0 Å². The maximum Gasteiger partial charge on any atom is 0.261 e. The third-order valence-corrected chi connectivity index (χ3v) is 4.76. The average molecular weight is 387 g/mol. The minimum atomic E-state index is -0.191. The quantitative estimate of drug-likeness (QED) is 0.731. The smallest absolute Gasteiger partial charge is 0.261 e. The summed E-state index contributed by atoms with van der Waals surface area (Å²) in [7, 11) is 0. The molecule has 1 aromatic heterocycles. The van der Waals surface area contributed by atoms with Gasteiger partial charge in [0.05, 0.1) is 12.2 Å².